The van der Waals surface area contributed by atoms with Gasteiger partial charge in [-0.05, 0) is 13.0 Å². The molecule has 0 N–H and O–H groups in total. The Morgan fingerprint density at radius 2 is 1.76 bits per heavy atom. The maximum atomic E-state index is 12.5. The van der Waals surface area contributed by atoms with Gasteiger partial charge in [-0.1, -0.05) is 23.2 Å². The van der Waals surface area contributed by atoms with Gasteiger partial charge in [0.15, 0.2) is 6.61 Å². The van der Waals surface area contributed by atoms with Crippen molar-refractivity contribution in [2.24, 2.45) is 0 Å². The molecule has 0 heterocycles. The second kappa shape index (κ2) is 4.50. The molecule has 0 aliphatic heterocycles. The van der Waals surface area contributed by atoms with E-state index >= 15 is 0 Å². The second-order valence-corrected chi connectivity index (χ2v) is 3.52. The Bertz CT molecular complexity index is 397. The lowest BCUT2D eigenvalue weighted by molar-refractivity contribution is -0.153. The fraction of sp³-hybridized carbons (Fsp3) is 0.333. The lowest BCUT2D eigenvalue weighted by Crippen LogP contribution is -2.36. The first-order valence-electron chi connectivity index (χ1n) is 4.59. The number of ether oxygens (including phenoxy) is 1. The topological polar surface area (TPSA) is 9.23 Å². The van der Waals surface area contributed by atoms with E-state index in [0.29, 0.717) is 5.56 Å². The van der Waals surface area contributed by atoms with E-state index in [4.69, 9.17) is 0 Å². The summed E-state index contributed by atoms with van der Waals surface area (Å²) in [4.78, 5) is 0. The van der Waals surface area contributed by atoms with Gasteiger partial charge in [-0.2, -0.15) is 13.2 Å². The zero-order chi connectivity index (χ0) is 13.3. The largest absolute Gasteiger partial charge is 0.513 e. The lowest BCUT2D eigenvalue weighted by atomic mass is 9.78. The Morgan fingerprint density at radius 1 is 1.18 bits per heavy atom. The Morgan fingerprint density at radius 3 is 2.24 bits per heavy atom. The van der Waals surface area contributed by atoms with Crippen LogP contribution in [0.4, 0.5) is 26.1 Å². The van der Waals surface area contributed by atoms with Crippen molar-refractivity contribution in [3.63, 3.8) is 0 Å². The summed E-state index contributed by atoms with van der Waals surface area (Å²) in [7, 11) is 0. The van der Waals surface area contributed by atoms with Crippen LogP contribution in [0.3, 0.4) is 0 Å². The average molecular weight is 257 g/mol. The summed E-state index contributed by atoms with van der Waals surface area (Å²) < 4.78 is 77.3. The highest BCUT2D eigenvalue weighted by Gasteiger charge is 2.32. The van der Waals surface area contributed by atoms with Crippen LogP contribution < -0.4 is 10.2 Å². The first-order chi connectivity index (χ1) is 7.59. The molecule has 96 valence electrons. The predicted molar refractivity (Wildman–Crippen MR) is 51.4 cm³/mol. The molecule has 0 aromatic heterocycles. The second-order valence-electron chi connectivity index (χ2n) is 3.52. The van der Waals surface area contributed by atoms with Crippen LogP contribution in [0.2, 0.25) is 0 Å². The maximum Gasteiger partial charge on any atom is 0.513 e. The quantitative estimate of drug-likeness (QED) is 0.597. The molecule has 0 aliphatic rings. The fourth-order valence-corrected chi connectivity index (χ4v) is 1.21. The van der Waals surface area contributed by atoms with Gasteiger partial charge in [0.1, 0.15) is 0 Å². The van der Waals surface area contributed by atoms with Crippen LogP contribution in [0.5, 0.6) is 5.75 Å². The fourth-order valence-electron chi connectivity index (χ4n) is 1.21. The van der Waals surface area contributed by atoms with Crippen LogP contribution in [0.15, 0.2) is 18.2 Å². The molecule has 0 saturated carbocycles. The van der Waals surface area contributed by atoms with Crippen molar-refractivity contribution in [3.8, 4) is 5.75 Å². The summed E-state index contributed by atoms with van der Waals surface area (Å²) >= 11 is 0. The molecule has 0 saturated heterocycles. The molecule has 1 rings (SSSR count). The Hall–Kier alpha value is -1.34. The van der Waals surface area contributed by atoms with Crippen molar-refractivity contribution in [1.82, 2.24) is 0 Å². The predicted octanol–water partition coefficient (Wildman–Crippen LogP) is 2.99. The highest BCUT2D eigenvalue weighted by Crippen LogP contribution is 2.22. The van der Waals surface area contributed by atoms with Crippen molar-refractivity contribution < 1.29 is 30.9 Å². The minimum absolute atomic E-state index is 0.304. The Balaban J connectivity index is 2.99. The number of rotatable bonds is 3. The monoisotopic (exact) mass is 257 g/mol. The van der Waals surface area contributed by atoms with E-state index in [9.17, 15) is 26.1 Å². The summed E-state index contributed by atoms with van der Waals surface area (Å²) in [6, 6.07) is 2.92. The lowest BCUT2D eigenvalue weighted by Gasteiger charge is -2.21. The molecule has 1 aromatic rings. The van der Waals surface area contributed by atoms with Crippen LogP contribution in [0, 0.1) is 6.92 Å². The number of hydrogen-bond donors (Lipinski definition) is 0. The molecule has 1 aromatic carbocycles. The van der Waals surface area contributed by atoms with E-state index in [1.807, 2.05) is 0 Å². The smallest absolute Gasteiger partial charge is 0.487 e. The molecular weight excluding hydrogens is 249 g/mol. The number of aryl methyl sites for hydroxylation is 1. The summed E-state index contributed by atoms with van der Waals surface area (Å²) in [5.74, 6) is -0.791. The molecule has 0 amide bonds. The third-order valence-electron chi connectivity index (χ3n) is 1.91. The van der Waals surface area contributed by atoms with Gasteiger partial charge in [0.25, 0.3) is 0 Å². The SMILES string of the molecule is Cc1ccc(OCC(F)(F)F)c([B-](F)(F)F)c1. The molecule has 0 bridgehead atoms. The Kier molecular flexibility index (Phi) is 3.64. The summed E-state index contributed by atoms with van der Waals surface area (Å²) in [5.41, 5.74) is -0.840. The zero-order valence-electron chi connectivity index (χ0n) is 8.69. The molecule has 8 heteroatoms. The molecule has 0 unspecified atom stereocenters. The van der Waals surface area contributed by atoms with E-state index in [1.54, 1.807) is 0 Å². The number of hydrogen-bond acceptors (Lipinski definition) is 1. The van der Waals surface area contributed by atoms with Gasteiger partial charge in [0, 0.05) is 0 Å². The van der Waals surface area contributed by atoms with Crippen molar-refractivity contribution in [2.75, 3.05) is 6.61 Å². The number of alkyl halides is 3. The summed E-state index contributed by atoms with van der Waals surface area (Å²) in [6.07, 6.45) is -4.67. The average Bonchev–Trinajstić information content (AvgIpc) is 2.13. The summed E-state index contributed by atoms with van der Waals surface area (Å²) in [5, 5.41) is 0. The first kappa shape index (κ1) is 13.7. The molecular formula is C9H8BF6O-. The normalized spacial score (nSPS) is 12.6. The van der Waals surface area contributed by atoms with Gasteiger partial charge in [-0.25, -0.2) is 0 Å². The van der Waals surface area contributed by atoms with Crippen LogP contribution in [0.25, 0.3) is 0 Å². The molecule has 0 spiro atoms. The molecule has 17 heavy (non-hydrogen) atoms. The van der Waals surface area contributed by atoms with Gasteiger partial charge in [0.05, 0.1) is 5.75 Å². The zero-order valence-corrected chi connectivity index (χ0v) is 8.69. The van der Waals surface area contributed by atoms with E-state index in [2.05, 4.69) is 4.74 Å². The molecule has 0 fully saturated rings. The molecule has 0 radical (unpaired) electrons. The van der Waals surface area contributed by atoms with E-state index in [1.165, 1.54) is 13.0 Å². The number of halogens is 6. The standard InChI is InChI=1S/C9H8BF6O/c1-6-2-3-8(17-5-9(11,12)13)7(4-6)10(14,15)16/h2-4H,5H2,1H3/q-1. The van der Waals surface area contributed by atoms with Crippen LogP contribution in [-0.4, -0.2) is 19.8 Å². The van der Waals surface area contributed by atoms with E-state index in [0.717, 1.165) is 12.1 Å². The van der Waals surface area contributed by atoms with Gasteiger partial charge in [-0.3, -0.25) is 0 Å². The Labute approximate surface area is 93.4 Å². The maximum absolute atomic E-state index is 12.5. The molecule has 1 nitrogen and oxygen atoms in total. The van der Waals surface area contributed by atoms with Gasteiger partial charge < -0.3 is 17.7 Å². The third kappa shape index (κ3) is 4.20. The third-order valence-corrected chi connectivity index (χ3v) is 1.91. The molecule has 0 atom stereocenters. The van der Waals surface area contributed by atoms with Gasteiger partial charge in [-0.15, -0.1) is 0 Å². The van der Waals surface area contributed by atoms with Crippen molar-refractivity contribution >= 4 is 12.4 Å². The van der Waals surface area contributed by atoms with Crippen molar-refractivity contribution in [1.29, 1.82) is 0 Å². The minimum atomic E-state index is -5.40. The van der Waals surface area contributed by atoms with Crippen molar-refractivity contribution in [3.05, 3.63) is 23.8 Å². The molecule has 0 aliphatic carbocycles. The van der Waals surface area contributed by atoms with E-state index < -0.39 is 31.0 Å². The number of benzene rings is 1. The first-order valence-corrected chi connectivity index (χ1v) is 4.59. The van der Waals surface area contributed by atoms with Crippen molar-refractivity contribution in [2.45, 2.75) is 13.1 Å². The van der Waals surface area contributed by atoms with Gasteiger partial charge >= 0.3 is 13.2 Å². The van der Waals surface area contributed by atoms with Crippen LogP contribution >= 0.6 is 0 Å². The minimum Gasteiger partial charge on any atom is -0.487 e. The highest BCUT2D eigenvalue weighted by molar-refractivity contribution is 6.74. The summed E-state index contributed by atoms with van der Waals surface area (Å²) in [6.45, 7) is -5.72. The van der Waals surface area contributed by atoms with Crippen LogP contribution in [0.1, 0.15) is 5.56 Å². The van der Waals surface area contributed by atoms with E-state index in [-0.39, 0.29) is 0 Å². The van der Waals surface area contributed by atoms with Gasteiger partial charge in [0.2, 0.25) is 0 Å². The van der Waals surface area contributed by atoms with Crippen LogP contribution in [-0.2, 0) is 0 Å². The highest BCUT2D eigenvalue weighted by atomic mass is 19.4.